The number of thioether (sulfide) groups is 1. The van der Waals surface area contributed by atoms with E-state index in [0.29, 0.717) is 11.7 Å². The number of anilines is 1. The number of amides is 1. The number of nitrogens with one attached hydrogen (secondary N) is 2. The average Bonchev–Trinajstić information content (AvgIpc) is 2.88. The molecule has 6 nitrogen and oxygen atoms in total. The Morgan fingerprint density at radius 3 is 2.52 bits per heavy atom. The molecule has 136 valence electrons. The third-order valence-corrected chi connectivity index (χ3v) is 4.93. The van der Waals surface area contributed by atoms with Crippen LogP contribution in [0.15, 0.2) is 34.2 Å². The van der Waals surface area contributed by atoms with Crippen molar-refractivity contribution in [1.29, 1.82) is 0 Å². The van der Waals surface area contributed by atoms with Crippen molar-refractivity contribution in [2.24, 2.45) is 0 Å². The summed E-state index contributed by atoms with van der Waals surface area (Å²) in [5, 5.41) is 9.54. The molecule has 0 saturated carbocycles. The zero-order valence-electron chi connectivity index (χ0n) is 15.4. The van der Waals surface area contributed by atoms with Crippen molar-refractivity contribution in [2.75, 3.05) is 5.32 Å². The van der Waals surface area contributed by atoms with Crippen LogP contribution in [-0.4, -0.2) is 25.9 Å². The van der Waals surface area contributed by atoms with Crippen molar-refractivity contribution < 1.29 is 4.79 Å². The summed E-state index contributed by atoms with van der Waals surface area (Å²) in [6, 6.07) is 7.88. The molecule has 1 heterocycles. The fourth-order valence-corrected chi connectivity index (χ4v) is 3.21. The van der Waals surface area contributed by atoms with Crippen molar-refractivity contribution in [1.82, 2.24) is 14.8 Å². The fraction of sp³-hybridized carbons (Fsp3) is 0.500. The minimum atomic E-state index is -0.368. The predicted octanol–water partition coefficient (Wildman–Crippen LogP) is 3.40. The third kappa shape index (κ3) is 4.98. The monoisotopic (exact) mass is 362 g/mol. The topological polar surface area (TPSA) is 79.8 Å². The van der Waals surface area contributed by atoms with Crippen molar-refractivity contribution in [3.05, 3.63) is 40.3 Å². The van der Waals surface area contributed by atoms with Crippen LogP contribution >= 0.6 is 11.8 Å². The first kappa shape index (κ1) is 19.3. The molecule has 2 N–H and O–H groups in total. The van der Waals surface area contributed by atoms with E-state index in [4.69, 9.17) is 0 Å². The number of H-pyrrole nitrogens is 1. The zero-order valence-corrected chi connectivity index (χ0v) is 16.2. The highest BCUT2D eigenvalue weighted by Crippen LogP contribution is 2.25. The average molecular weight is 362 g/mol. The summed E-state index contributed by atoms with van der Waals surface area (Å²) in [6.45, 7) is 10.8. The minimum Gasteiger partial charge on any atom is -0.325 e. The van der Waals surface area contributed by atoms with Crippen molar-refractivity contribution in [2.45, 2.75) is 63.4 Å². The predicted molar refractivity (Wildman–Crippen MR) is 102 cm³/mol. The lowest BCUT2D eigenvalue weighted by Crippen LogP contribution is -2.24. The molecule has 2 aromatic rings. The molecule has 25 heavy (non-hydrogen) atoms. The van der Waals surface area contributed by atoms with Gasteiger partial charge < -0.3 is 5.32 Å². The van der Waals surface area contributed by atoms with Crippen LogP contribution in [0, 0.1) is 0 Å². The first-order chi connectivity index (χ1) is 11.7. The second kappa shape index (κ2) is 7.91. The summed E-state index contributed by atoms with van der Waals surface area (Å²) in [5.74, 6) is -0.119. The molecule has 0 saturated heterocycles. The number of rotatable bonds is 6. The Bertz CT molecular complexity index is 772. The van der Waals surface area contributed by atoms with Gasteiger partial charge in [-0.05, 0) is 36.5 Å². The van der Waals surface area contributed by atoms with Crippen LogP contribution in [-0.2, 0) is 16.8 Å². The molecule has 0 aliphatic carbocycles. The van der Waals surface area contributed by atoms with Gasteiger partial charge >= 0.3 is 5.69 Å². The van der Waals surface area contributed by atoms with E-state index in [1.165, 1.54) is 17.3 Å². The van der Waals surface area contributed by atoms with Crippen LogP contribution in [0.2, 0.25) is 0 Å². The summed E-state index contributed by atoms with van der Waals surface area (Å²) in [5.41, 5.74) is 1.82. The van der Waals surface area contributed by atoms with Crippen LogP contribution in [0.25, 0.3) is 0 Å². The van der Waals surface area contributed by atoms with E-state index in [2.05, 4.69) is 36.3 Å². The standard InChI is InChI=1S/C18H26N4O2S/c1-6-11-22-16(24)20-21-17(22)25-12(2)15(23)19-14-9-7-13(8-10-14)18(3,4)5/h7-10,12H,6,11H2,1-5H3,(H,19,23)(H,20,24). The Labute approximate surface area is 152 Å². The van der Waals surface area contributed by atoms with Gasteiger partial charge in [-0.1, -0.05) is 51.6 Å². The SMILES string of the molecule is CCCn1c(SC(C)C(=O)Nc2ccc(C(C)(C)C)cc2)n[nH]c1=O. The van der Waals surface area contributed by atoms with E-state index < -0.39 is 0 Å². The Hall–Kier alpha value is -2.02. The van der Waals surface area contributed by atoms with E-state index in [0.717, 1.165) is 12.1 Å². The molecule has 0 spiro atoms. The molecule has 0 aliphatic heterocycles. The highest BCUT2D eigenvalue weighted by atomic mass is 32.2. The molecule has 1 amide bonds. The maximum absolute atomic E-state index is 12.4. The second-order valence-corrected chi connectivity index (χ2v) is 8.35. The number of carbonyl (C=O) groups excluding carboxylic acids is 1. The van der Waals surface area contributed by atoms with E-state index in [-0.39, 0.29) is 22.3 Å². The molecule has 1 aromatic carbocycles. The number of hydrogen-bond acceptors (Lipinski definition) is 4. The van der Waals surface area contributed by atoms with E-state index in [9.17, 15) is 9.59 Å². The number of carbonyl (C=O) groups is 1. The molecule has 1 aromatic heterocycles. The molecule has 7 heteroatoms. The van der Waals surface area contributed by atoms with Crippen molar-refractivity contribution >= 4 is 23.4 Å². The number of benzene rings is 1. The van der Waals surface area contributed by atoms with Gasteiger partial charge in [0.25, 0.3) is 0 Å². The van der Waals surface area contributed by atoms with E-state index in [1.54, 1.807) is 11.5 Å². The normalized spacial score (nSPS) is 12.8. The Balaban J connectivity index is 2.02. The molecule has 0 bridgehead atoms. The Morgan fingerprint density at radius 2 is 1.96 bits per heavy atom. The van der Waals surface area contributed by atoms with Gasteiger partial charge in [-0.2, -0.15) is 0 Å². The number of hydrogen-bond donors (Lipinski definition) is 2. The molecule has 0 aliphatic rings. The lowest BCUT2D eigenvalue weighted by molar-refractivity contribution is -0.115. The molecule has 1 unspecified atom stereocenters. The molecule has 1 atom stereocenters. The van der Waals surface area contributed by atoms with Crippen LogP contribution in [0.5, 0.6) is 0 Å². The highest BCUT2D eigenvalue weighted by molar-refractivity contribution is 8.00. The van der Waals surface area contributed by atoms with Gasteiger partial charge in [0.1, 0.15) is 0 Å². The van der Waals surface area contributed by atoms with Gasteiger partial charge in [0.05, 0.1) is 5.25 Å². The number of aromatic amines is 1. The van der Waals surface area contributed by atoms with Crippen LogP contribution in [0.3, 0.4) is 0 Å². The summed E-state index contributed by atoms with van der Waals surface area (Å²) < 4.78 is 1.56. The summed E-state index contributed by atoms with van der Waals surface area (Å²) in [6.07, 6.45) is 0.827. The van der Waals surface area contributed by atoms with E-state index in [1.807, 2.05) is 31.2 Å². The van der Waals surface area contributed by atoms with Crippen molar-refractivity contribution in [3.63, 3.8) is 0 Å². The lowest BCUT2D eigenvalue weighted by Gasteiger charge is -2.19. The molecule has 0 fully saturated rings. The van der Waals surface area contributed by atoms with Gasteiger partial charge in [-0.25, -0.2) is 9.89 Å². The van der Waals surface area contributed by atoms with Crippen molar-refractivity contribution in [3.8, 4) is 0 Å². The van der Waals surface area contributed by atoms with Gasteiger partial charge in [-0.15, -0.1) is 5.10 Å². The van der Waals surface area contributed by atoms with Crippen LogP contribution in [0.4, 0.5) is 5.69 Å². The molecule has 0 radical (unpaired) electrons. The Kier molecular flexibility index (Phi) is 6.11. The van der Waals surface area contributed by atoms with Crippen LogP contribution < -0.4 is 11.0 Å². The highest BCUT2D eigenvalue weighted by Gasteiger charge is 2.19. The lowest BCUT2D eigenvalue weighted by atomic mass is 9.87. The molecule has 2 rings (SSSR count). The van der Waals surface area contributed by atoms with Gasteiger partial charge in [0.2, 0.25) is 5.91 Å². The second-order valence-electron chi connectivity index (χ2n) is 7.04. The summed E-state index contributed by atoms with van der Waals surface area (Å²) in [7, 11) is 0. The number of nitrogens with zero attached hydrogens (tertiary/aromatic N) is 2. The number of aromatic nitrogens is 3. The summed E-state index contributed by atoms with van der Waals surface area (Å²) in [4.78, 5) is 24.1. The minimum absolute atomic E-state index is 0.0780. The first-order valence-electron chi connectivity index (χ1n) is 8.45. The van der Waals surface area contributed by atoms with Crippen LogP contribution in [0.1, 0.15) is 46.6 Å². The third-order valence-electron chi connectivity index (χ3n) is 3.84. The van der Waals surface area contributed by atoms with Gasteiger partial charge in [-0.3, -0.25) is 9.36 Å². The largest absolute Gasteiger partial charge is 0.343 e. The molecular formula is C18H26N4O2S. The van der Waals surface area contributed by atoms with Gasteiger partial charge in [0, 0.05) is 12.2 Å². The maximum Gasteiger partial charge on any atom is 0.343 e. The quantitative estimate of drug-likeness (QED) is 0.772. The van der Waals surface area contributed by atoms with Gasteiger partial charge in [0.15, 0.2) is 5.16 Å². The zero-order chi connectivity index (χ0) is 18.6. The maximum atomic E-state index is 12.4. The van der Waals surface area contributed by atoms with E-state index >= 15 is 0 Å². The summed E-state index contributed by atoms with van der Waals surface area (Å²) >= 11 is 1.27. The smallest absolute Gasteiger partial charge is 0.325 e. The Morgan fingerprint density at radius 1 is 1.32 bits per heavy atom. The molecular weight excluding hydrogens is 336 g/mol. The fourth-order valence-electron chi connectivity index (χ4n) is 2.32. The first-order valence-corrected chi connectivity index (χ1v) is 9.33.